The summed E-state index contributed by atoms with van der Waals surface area (Å²) in [4.78, 5) is 0. The van der Waals surface area contributed by atoms with E-state index >= 15 is 0 Å². The summed E-state index contributed by atoms with van der Waals surface area (Å²) in [6.07, 6.45) is -1.68. The molecule has 1 saturated carbocycles. The lowest BCUT2D eigenvalue weighted by molar-refractivity contribution is -0.121. The monoisotopic (exact) mass is 289 g/mol. The SMILES string of the molecule is CNC1CCC(NS(=O)(=O)NCC(F)(F)F)CC1. The van der Waals surface area contributed by atoms with Crippen molar-refractivity contribution in [1.82, 2.24) is 14.8 Å². The zero-order valence-electron chi connectivity index (χ0n) is 10.0. The molecule has 18 heavy (non-hydrogen) atoms. The molecule has 3 N–H and O–H groups in total. The highest BCUT2D eigenvalue weighted by Crippen LogP contribution is 2.19. The molecule has 5 nitrogen and oxygen atoms in total. The third-order valence-electron chi connectivity index (χ3n) is 2.92. The lowest BCUT2D eigenvalue weighted by Crippen LogP contribution is -2.47. The molecular formula is C9H18F3N3O2S. The van der Waals surface area contributed by atoms with Crippen LogP contribution in [0.3, 0.4) is 0 Å². The maximum absolute atomic E-state index is 11.9. The Kier molecular flexibility index (Phi) is 5.38. The number of hydrogen-bond acceptors (Lipinski definition) is 3. The van der Waals surface area contributed by atoms with Crippen molar-refractivity contribution in [3.05, 3.63) is 0 Å². The summed E-state index contributed by atoms with van der Waals surface area (Å²) in [6, 6.07) is 0.0641. The normalized spacial score (nSPS) is 26.2. The smallest absolute Gasteiger partial charge is 0.317 e. The number of alkyl halides is 3. The van der Waals surface area contributed by atoms with E-state index in [1.54, 1.807) is 0 Å². The molecule has 1 aliphatic carbocycles. The minimum Gasteiger partial charge on any atom is -0.317 e. The molecule has 1 rings (SSSR count). The van der Waals surface area contributed by atoms with Crippen molar-refractivity contribution in [2.75, 3.05) is 13.6 Å². The molecule has 1 aliphatic rings. The van der Waals surface area contributed by atoms with Crippen LogP contribution in [0.25, 0.3) is 0 Å². The largest absolute Gasteiger partial charge is 0.402 e. The van der Waals surface area contributed by atoms with E-state index in [0.29, 0.717) is 18.9 Å². The topological polar surface area (TPSA) is 70.2 Å². The Morgan fingerprint density at radius 2 is 1.61 bits per heavy atom. The molecule has 0 bridgehead atoms. The van der Waals surface area contributed by atoms with Gasteiger partial charge in [-0.3, -0.25) is 0 Å². The molecular weight excluding hydrogens is 271 g/mol. The fourth-order valence-electron chi connectivity index (χ4n) is 1.94. The molecule has 0 radical (unpaired) electrons. The van der Waals surface area contributed by atoms with Crippen molar-refractivity contribution in [3.8, 4) is 0 Å². The predicted octanol–water partition coefficient (Wildman–Crippen LogP) is 0.503. The van der Waals surface area contributed by atoms with Gasteiger partial charge in [0.15, 0.2) is 0 Å². The van der Waals surface area contributed by atoms with Gasteiger partial charge in [0.1, 0.15) is 6.54 Å². The maximum Gasteiger partial charge on any atom is 0.402 e. The summed E-state index contributed by atoms with van der Waals surface area (Å²) in [6.45, 7) is -1.55. The molecule has 0 aromatic carbocycles. The third-order valence-corrected chi connectivity index (χ3v) is 4.09. The number of nitrogens with one attached hydrogen (secondary N) is 3. The van der Waals surface area contributed by atoms with E-state index in [-0.39, 0.29) is 6.04 Å². The fraction of sp³-hybridized carbons (Fsp3) is 1.00. The van der Waals surface area contributed by atoms with Crippen LogP contribution in [0.4, 0.5) is 13.2 Å². The quantitative estimate of drug-likeness (QED) is 0.690. The Labute approximate surface area is 105 Å². The molecule has 0 aliphatic heterocycles. The maximum atomic E-state index is 11.9. The Hall–Kier alpha value is -0.380. The summed E-state index contributed by atoms with van der Waals surface area (Å²) in [5.74, 6) is 0. The van der Waals surface area contributed by atoms with Crippen LogP contribution < -0.4 is 14.8 Å². The predicted molar refractivity (Wildman–Crippen MR) is 61.2 cm³/mol. The first-order valence-corrected chi connectivity index (χ1v) is 7.21. The van der Waals surface area contributed by atoms with E-state index in [2.05, 4.69) is 10.0 Å². The molecule has 0 amide bonds. The Balaban J connectivity index is 2.37. The summed E-state index contributed by atoms with van der Waals surface area (Å²) in [5.41, 5.74) is 0. The first-order chi connectivity index (χ1) is 8.22. The molecule has 1 fully saturated rings. The van der Waals surface area contributed by atoms with Crippen molar-refractivity contribution < 1.29 is 21.6 Å². The van der Waals surface area contributed by atoms with Crippen molar-refractivity contribution >= 4 is 10.2 Å². The van der Waals surface area contributed by atoms with Gasteiger partial charge >= 0.3 is 6.18 Å². The second-order valence-corrected chi connectivity index (χ2v) is 5.93. The van der Waals surface area contributed by atoms with Crippen molar-refractivity contribution in [2.45, 2.75) is 43.9 Å². The molecule has 0 aromatic rings. The molecule has 108 valence electrons. The minimum atomic E-state index is -4.54. The molecule has 0 spiro atoms. The van der Waals surface area contributed by atoms with Gasteiger partial charge < -0.3 is 5.32 Å². The van der Waals surface area contributed by atoms with E-state index < -0.39 is 22.9 Å². The minimum absolute atomic E-state index is 0.291. The van der Waals surface area contributed by atoms with Gasteiger partial charge in [-0.1, -0.05) is 0 Å². The van der Waals surface area contributed by atoms with Gasteiger partial charge in [0.2, 0.25) is 0 Å². The molecule has 0 aromatic heterocycles. The first kappa shape index (κ1) is 15.7. The molecule has 9 heteroatoms. The zero-order chi connectivity index (χ0) is 13.8. The second-order valence-electron chi connectivity index (χ2n) is 4.39. The van der Waals surface area contributed by atoms with Crippen molar-refractivity contribution in [1.29, 1.82) is 0 Å². The van der Waals surface area contributed by atoms with Crippen LogP contribution in [-0.2, 0) is 10.2 Å². The van der Waals surface area contributed by atoms with Crippen LogP contribution >= 0.6 is 0 Å². The lowest BCUT2D eigenvalue weighted by Gasteiger charge is -2.28. The summed E-state index contributed by atoms with van der Waals surface area (Å²) in [7, 11) is -2.25. The third kappa shape index (κ3) is 5.98. The number of hydrogen-bond donors (Lipinski definition) is 3. The highest BCUT2D eigenvalue weighted by molar-refractivity contribution is 7.87. The van der Waals surface area contributed by atoms with Crippen LogP contribution in [0.15, 0.2) is 0 Å². The summed E-state index contributed by atoms with van der Waals surface area (Å²) in [5, 5.41) is 3.09. The average molecular weight is 289 g/mol. The van der Waals surface area contributed by atoms with Gasteiger partial charge in [0.25, 0.3) is 10.2 Å². The van der Waals surface area contributed by atoms with E-state index in [0.717, 1.165) is 12.8 Å². The Morgan fingerprint density at radius 1 is 1.11 bits per heavy atom. The van der Waals surface area contributed by atoms with Gasteiger partial charge in [-0.15, -0.1) is 0 Å². The fourth-order valence-corrected chi connectivity index (χ4v) is 3.05. The number of halogens is 3. The number of rotatable bonds is 5. The van der Waals surface area contributed by atoms with E-state index in [1.807, 2.05) is 7.05 Å². The lowest BCUT2D eigenvalue weighted by atomic mass is 9.92. The molecule has 0 unspecified atom stereocenters. The van der Waals surface area contributed by atoms with Gasteiger partial charge in [-0.25, -0.2) is 0 Å². The van der Waals surface area contributed by atoms with E-state index in [4.69, 9.17) is 0 Å². The second kappa shape index (κ2) is 6.18. The van der Waals surface area contributed by atoms with E-state index in [9.17, 15) is 21.6 Å². The van der Waals surface area contributed by atoms with Crippen LogP contribution in [0.5, 0.6) is 0 Å². The Bertz CT molecular complexity index is 351. The van der Waals surface area contributed by atoms with Crippen LogP contribution in [0, 0.1) is 0 Å². The van der Waals surface area contributed by atoms with Crippen molar-refractivity contribution in [2.24, 2.45) is 0 Å². The summed E-state index contributed by atoms with van der Waals surface area (Å²) < 4.78 is 62.2. The highest BCUT2D eigenvalue weighted by Gasteiger charge is 2.30. The van der Waals surface area contributed by atoms with Crippen LogP contribution in [0.2, 0.25) is 0 Å². The van der Waals surface area contributed by atoms with Gasteiger partial charge in [-0.05, 0) is 32.7 Å². The van der Waals surface area contributed by atoms with Crippen LogP contribution in [-0.4, -0.2) is 40.3 Å². The van der Waals surface area contributed by atoms with E-state index in [1.165, 1.54) is 4.72 Å². The van der Waals surface area contributed by atoms with Gasteiger partial charge in [0.05, 0.1) is 0 Å². The molecule has 0 saturated heterocycles. The van der Waals surface area contributed by atoms with Gasteiger partial charge in [-0.2, -0.15) is 31.0 Å². The Morgan fingerprint density at radius 3 is 2.06 bits per heavy atom. The first-order valence-electron chi connectivity index (χ1n) is 5.73. The highest BCUT2D eigenvalue weighted by atomic mass is 32.2. The van der Waals surface area contributed by atoms with Crippen LogP contribution in [0.1, 0.15) is 25.7 Å². The average Bonchev–Trinajstić information content (AvgIpc) is 2.26. The standard InChI is InChI=1S/C9H18F3N3O2S/c1-13-7-2-4-8(5-3-7)15-18(16,17)14-6-9(10,11)12/h7-8,13-15H,2-6H2,1H3. The van der Waals surface area contributed by atoms with Gasteiger partial charge in [0, 0.05) is 12.1 Å². The molecule has 0 heterocycles. The summed E-state index contributed by atoms with van der Waals surface area (Å²) >= 11 is 0. The zero-order valence-corrected chi connectivity index (χ0v) is 10.9. The van der Waals surface area contributed by atoms with Crippen molar-refractivity contribution in [3.63, 3.8) is 0 Å². The molecule has 0 atom stereocenters.